The van der Waals surface area contributed by atoms with Gasteiger partial charge >= 0.3 is 0 Å². The van der Waals surface area contributed by atoms with Crippen LogP contribution in [-0.2, 0) is 6.73 Å². The summed E-state index contributed by atoms with van der Waals surface area (Å²) in [5.74, 6) is -1.48. The summed E-state index contributed by atoms with van der Waals surface area (Å²) in [5.41, 5.74) is 0.254. The minimum absolute atomic E-state index is 0.0808. The second kappa shape index (κ2) is 7.02. The molecule has 0 aliphatic heterocycles. The largest absolute Gasteiger partial charge is 0.468 e. The Morgan fingerprint density at radius 1 is 1.36 bits per heavy atom. The van der Waals surface area contributed by atoms with Crippen molar-refractivity contribution in [3.63, 3.8) is 0 Å². The number of amides is 1. The van der Waals surface area contributed by atoms with Crippen molar-refractivity contribution in [1.29, 1.82) is 0 Å². The Labute approximate surface area is 126 Å². The highest BCUT2D eigenvalue weighted by Gasteiger charge is 2.10. The molecule has 0 saturated heterocycles. The van der Waals surface area contributed by atoms with Crippen molar-refractivity contribution in [1.82, 2.24) is 15.1 Å². The summed E-state index contributed by atoms with van der Waals surface area (Å²) in [7, 11) is 0. The van der Waals surface area contributed by atoms with Gasteiger partial charge in [0.2, 0.25) is 0 Å². The number of nitrogens with zero attached hydrogens (tertiary/aromatic N) is 2. The van der Waals surface area contributed by atoms with Gasteiger partial charge < -0.3 is 10.1 Å². The molecule has 7 heteroatoms. The average molecular weight is 309 g/mol. The third-order valence-electron chi connectivity index (χ3n) is 2.79. The Bertz CT molecular complexity index is 656. The van der Waals surface area contributed by atoms with Gasteiger partial charge in [0.05, 0.1) is 0 Å². The maximum atomic E-state index is 13.4. The molecule has 1 N–H and O–H groups in total. The van der Waals surface area contributed by atoms with E-state index in [-0.39, 0.29) is 24.1 Å². The number of ether oxygens (including phenoxy) is 1. The van der Waals surface area contributed by atoms with Crippen LogP contribution in [0.25, 0.3) is 0 Å². The Kier molecular flexibility index (Phi) is 5.08. The van der Waals surface area contributed by atoms with Crippen molar-refractivity contribution in [2.45, 2.75) is 20.6 Å². The third-order valence-corrected chi connectivity index (χ3v) is 2.79. The molecule has 0 saturated carbocycles. The number of hydrogen-bond acceptors (Lipinski definition) is 3. The van der Waals surface area contributed by atoms with Crippen molar-refractivity contribution >= 4 is 5.91 Å². The van der Waals surface area contributed by atoms with E-state index in [9.17, 15) is 13.6 Å². The molecule has 1 amide bonds. The highest BCUT2D eigenvalue weighted by atomic mass is 19.1. The Balaban J connectivity index is 1.93. The van der Waals surface area contributed by atoms with Crippen LogP contribution in [0.3, 0.4) is 0 Å². The molecule has 0 radical (unpaired) electrons. The number of hydrogen-bond donors (Lipinski definition) is 1. The first-order valence-corrected chi connectivity index (χ1v) is 6.85. The Morgan fingerprint density at radius 3 is 2.82 bits per heavy atom. The fraction of sp³-hybridized carbons (Fsp3) is 0.333. The second-order valence-corrected chi connectivity index (χ2v) is 5.19. The molecule has 2 rings (SSSR count). The van der Waals surface area contributed by atoms with Gasteiger partial charge in [-0.15, -0.1) is 0 Å². The van der Waals surface area contributed by atoms with Crippen LogP contribution in [0.4, 0.5) is 8.78 Å². The van der Waals surface area contributed by atoms with E-state index in [4.69, 9.17) is 4.74 Å². The van der Waals surface area contributed by atoms with Crippen LogP contribution in [0.5, 0.6) is 5.75 Å². The maximum absolute atomic E-state index is 13.4. The molecule has 5 nitrogen and oxygen atoms in total. The van der Waals surface area contributed by atoms with Gasteiger partial charge in [0.1, 0.15) is 11.5 Å². The maximum Gasteiger partial charge on any atom is 0.271 e. The van der Waals surface area contributed by atoms with Crippen LogP contribution in [0.15, 0.2) is 30.5 Å². The lowest BCUT2D eigenvalue weighted by atomic mass is 10.2. The molecule has 0 atom stereocenters. The molecule has 0 spiro atoms. The third kappa shape index (κ3) is 4.28. The highest BCUT2D eigenvalue weighted by Crippen LogP contribution is 2.17. The van der Waals surface area contributed by atoms with E-state index < -0.39 is 11.6 Å². The van der Waals surface area contributed by atoms with Gasteiger partial charge in [-0.3, -0.25) is 4.79 Å². The number of rotatable bonds is 6. The predicted octanol–water partition coefficient (Wildman–Crippen LogP) is 2.58. The van der Waals surface area contributed by atoms with E-state index in [0.29, 0.717) is 12.5 Å². The lowest BCUT2D eigenvalue weighted by Gasteiger charge is -2.07. The molecule has 118 valence electrons. The number of benzene rings is 1. The van der Waals surface area contributed by atoms with Crippen LogP contribution in [0.2, 0.25) is 0 Å². The van der Waals surface area contributed by atoms with Gasteiger partial charge in [-0.1, -0.05) is 13.8 Å². The number of nitrogens with one attached hydrogen (secondary N) is 1. The summed E-state index contributed by atoms with van der Waals surface area (Å²) < 4.78 is 32.7. The van der Waals surface area contributed by atoms with Crippen molar-refractivity contribution in [3.05, 3.63) is 47.8 Å². The quantitative estimate of drug-likeness (QED) is 0.892. The monoisotopic (exact) mass is 309 g/mol. The number of halogens is 2. The van der Waals surface area contributed by atoms with E-state index in [1.165, 1.54) is 10.7 Å². The molecule has 1 aromatic heterocycles. The summed E-state index contributed by atoms with van der Waals surface area (Å²) in [5, 5.41) is 6.78. The number of carbonyl (C=O) groups excluding carboxylic acids is 1. The molecular formula is C15H17F2N3O2. The predicted molar refractivity (Wildman–Crippen MR) is 76.4 cm³/mol. The SMILES string of the molecule is CC(C)CNC(=O)c1ccn(COc2ccc(F)cc2F)n1. The minimum atomic E-state index is -0.790. The number of carbonyl (C=O) groups is 1. The van der Waals surface area contributed by atoms with Crippen molar-refractivity contribution in [2.75, 3.05) is 6.54 Å². The summed E-state index contributed by atoms with van der Waals surface area (Å²) in [6, 6.07) is 4.58. The van der Waals surface area contributed by atoms with Gasteiger partial charge in [0, 0.05) is 18.8 Å². The van der Waals surface area contributed by atoms with E-state index in [1.54, 1.807) is 12.3 Å². The average Bonchev–Trinajstić information content (AvgIpc) is 2.92. The second-order valence-electron chi connectivity index (χ2n) is 5.19. The topological polar surface area (TPSA) is 56.2 Å². The summed E-state index contributed by atoms with van der Waals surface area (Å²) in [4.78, 5) is 11.8. The molecule has 0 unspecified atom stereocenters. The van der Waals surface area contributed by atoms with Crippen LogP contribution in [0.1, 0.15) is 24.3 Å². The molecule has 0 aliphatic rings. The standard InChI is InChI=1S/C15H17F2N3O2/c1-10(2)8-18-15(21)13-5-6-20(19-13)9-22-14-4-3-11(16)7-12(14)17/h3-7,10H,8-9H2,1-2H3,(H,18,21). The zero-order valence-corrected chi connectivity index (χ0v) is 12.3. The fourth-order valence-electron chi connectivity index (χ4n) is 1.67. The van der Waals surface area contributed by atoms with Gasteiger partial charge in [0.15, 0.2) is 18.3 Å². The molecule has 0 fully saturated rings. The zero-order chi connectivity index (χ0) is 16.1. The summed E-state index contributed by atoms with van der Waals surface area (Å²) in [6.07, 6.45) is 1.55. The van der Waals surface area contributed by atoms with Crippen LogP contribution >= 0.6 is 0 Å². The Morgan fingerprint density at radius 2 is 2.14 bits per heavy atom. The van der Waals surface area contributed by atoms with Gasteiger partial charge in [-0.25, -0.2) is 13.5 Å². The van der Waals surface area contributed by atoms with E-state index >= 15 is 0 Å². The van der Waals surface area contributed by atoms with E-state index in [2.05, 4.69) is 10.4 Å². The highest BCUT2D eigenvalue weighted by molar-refractivity contribution is 5.92. The molecule has 2 aromatic rings. The summed E-state index contributed by atoms with van der Waals surface area (Å²) >= 11 is 0. The first-order chi connectivity index (χ1) is 10.5. The van der Waals surface area contributed by atoms with Crippen LogP contribution < -0.4 is 10.1 Å². The minimum Gasteiger partial charge on any atom is -0.468 e. The Hall–Kier alpha value is -2.44. The normalized spacial score (nSPS) is 10.8. The molecule has 0 bridgehead atoms. The molecule has 22 heavy (non-hydrogen) atoms. The summed E-state index contributed by atoms with van der Waals surface area (Å²) in [6.45, 7) is 4.46. The fourth-order valence-corrected chi connectivity index (χ4v) is 1.67. The van der Waals surface area contributed by atoms with Gasteiger partial charge in [-0.05, 0) is 24.1 Å². The van der Waals surface area contributed by atoms with Crippen molar-refractivity contribution in [3.8, 4) is 5.75 Å². The lowest BCUT2D eigenvalue weighted by molar-refractivity contribution is 0.0942. The van der Waals surface area contributed by atoms with E-state index in [1.807, 2.05) is 13.8 Å². The zero-order valence-electron chi connectivity index (χ0n) is 12.3. The molecule has 1 heterocycles. The smallest absolute Gasteiger partial charge is 0.271 e. The molecule has 0 aliphatic carbocycles. The first-order valence-electron chi connectivity index (χ1n) is 6.85. The molecule has 1 aromatic carbocycles. The lowest BCUT2D eigenvalue weighted by Crippen LogP contribution is -2.27. The van der Waals surface area contributed by atoms with Crippen LogP contribution in [0, 0.1) is 17.6 Å². The number of aromatic nitrogens is 2. The van der Waals surface area contributed by atoms with Crippen molar-refractivity contribution < 1.29 is 18.3 Å². The first kappa shape index (κ1) is 15.9. The van der Waals surface area contributed by atoms with Crippen molar-refractivity contribution in [2.24, 2.45) is 5.92 Å². The van der Waals surface area contributed by atoms with Crippen LogP contribution in [-0.4, -0.2) is 22.2 Å². The molecular weight excluding hydrogens is 292 g/mol. The van der Waals surface area contributed by atoms with Gasteiger partial charge in [-0.2, -0.15) is 5.10 Å². The van der Waals surface area contributed by atoms with Gasteiger partial charge in [0.25, 0.3) is 5.91 Å². The van der Waals surface area contributed by atoms with E-state index in [0.717, 1.165) is 12.1 Å².